The van der Waals surface area contributed by atoms with Gasteiger partial charge >= 0.3 is 0 Å². The highest BCUT2D eigenvalue weighted by atomic mass is 15.3. The second kappa shape index (κ2) is 3.38. The van der Waals surface area contributed by atoms with Crippen molar-refractivity contribution in [2.45, 2.75) is 18.9 Å². The molecule has 4 nitrogen and oxygen atoms in total. The van der Waals surface area contributed by atoms with Gasteiger partial charge in [0, 0.05) is 38.6 Å². The molecule has 0 saturated carbocycles. The highest BCUT2D eigenvalue weighted by molar-refractivity contribution is 5.31. The van der Waals surface area contributed by atoms with Crippen LogP contribution in [0.4, 0.5) is 5.95 Å². The Bertz CT molecular complexity index is 281. The summed E-state index contributed by atoms with van der Waals surface area (Å²) in [5.74, 6) is 1.04. The van der Waals surface area contributed by atoms with Crippen molar-refractivity contribution in [3.63, 3.8) is 0 Å². The number of rotatable bonds is 1. The van der Waals surface area contributed by atoms with Gasteiger partial charge in [-0.25, -0.2) is 4.98 Å². The number of anilines is 1. The van der Waals surface area contributed by atoms with E-state index in [0.29, 0.717) is 6.04 Å². The molecule has 0 bridgehead atoms. The van der Waals surface area contributed by atoms with Crippen molar-refractivity contribution >= 4 is 5.95 Å². The smallest absolute Gasteiger partial charge is 0.205 e. The molecule has 0 radical (unpaired) electrons. The van der Waals surface area contributed by atoms with Crippen LogP contribution in [0, 0.1) is 0 Å². The number of hydrogen-bond acceptors (Lipinski definition) is 3. The molecule has 1 aliphatic heterocycles. The predicted molar refractivity (Wildman–Crippen MR) is 52.6 cm³/mol. The summed E-state index contributed by atoms with van der Waals surface area (Å²) < 4.78 is 2.04. The van der Waals surface area contributed by atoms with E-state index in [1.807, 2.05) is 24.0 Å². The quantitative estimate of drug-likeness (QED) is 0.678. The molecular weight excluding hydrogens is 164 g/mol. The van der Waals surface area contributed by atoms with Crippen LogP contribution in [-0.4, -0.2) is 28.7 Å². The van der Waals surface area contributed by atoms with Gasteiger partial charge in [-0.2, -0.15) is 0 Å². The predicted octanol–water partition coefficient (Wildman–Crippen LogP) is 0.348. The molecule has 2 heterocycles. The molecule has 0 aromatic carbocycles. The van der Waals surface area contributed by atoms with Crippen LogP contribution in [0.2, 0.25) is 0 Å². The normalized spacial score (nSPS) is 23.5. The van der Waals surface area contributed by atoms with Crippen molar-refractivity contribution in [3.05, 3.63) is 12.4 Å². The Balaban J connectivity index is 2.12. The zero-order valence-corrected chi connectivity index (χ0v) is 7.98. The van der Waals surface area contributed by atoms with Gasteiger partial charge in [0.05, 0.1) is 0 Å². The summed E-state index contributed by atoms with van der Waals surface area (Å²) in [6, 6.07) is 0.311. The number of aryl methyl sites for hydroxylation is 1. The Morgan fingerprint density at radius 1 is 1.62 bits per heavy atom. The van der Waals surface area contributed by atoms with Crippen LogP contribution in [0.25, 0.3) is 0 Å². The number of piperidine rings is 1. The van der Waals surface area contributed by atoms with Gasteiger partial charge in [0.2, 0.25) is 5.95 Å². The Morgan fingerprint density at radius 2 is 2.46 bits per heavy atom. The summed E-state index contributed by atoms with van der Waals surface area (Å²) >= 11 is 0. The van der Waals surface area contributed by atoms with Crippen LogP contribution < -0.4 is 10.6 Å². The van der Waals surface area contributed by atoms with E-state index in [1.165, 1.54) is 6.42 Å². The minimum Gasteiger partial charge on any atom is -0.341 e. The van der Waals surface area contributed by atoms with Crippen LogP contribution in [-0.2, 0) is 7.05 Å². The molecule has 4 heteroatoms. The maximum atomic E-state index is 5.90. The Labute approximate surface area is 78.4 Å². The van der Waals surface area contributed by atoms with E-state index in [4.69, 9.17) is 5.73 Å². The van der Waals surface area contributed by atoms with Crippen LogP contribution in [0.5, 0.6) is 0 Å². The molecule has 1 fully saturated rings. The third-order valence-electron chi connectivity index (χ3n) is 2.54. The average molecular weight is 180 g/mol. The minimum atomic E-state index is 0.311. The number of hydrogen-bond donors (Lipinski definition) is 1. The summed E-state index contributed by atoms with van der Waals surface area (Å²) in [5, 5.41) is 0. The Hall–Kier alpha value is -1.03. The average Bonchev–Trinajstić information content (AvgIpc) is 2.51. The zero-order chi connectivity index (χ0) is 9.26. The SMILES string of the molecule is Cn1ccnc1N1CCC[C@@H](N)C1. The van der Waals surface area contributed by atoms with Crippen molar-refractivity contribution < 1.29 is 0 Å². The van der Waals surface area contributed by atoms with E-state index in [2.05, 4.69) is 9.88 Å². The van der Waals surface area contributed by atoms with Gasteiger partial charge < -0.3 is 15.2 Å². The molecule has 0 aliphatic carbocycles. The molecule has 1 aliphatic rings. The molecule has 0 unspecified atom stereocenters. The summed E-state index contributed by atoms with van der Waals surface area (Å²) in [6.45, 7) is 2.02. The minimum absolute atomic E-state index is 0.311. The Kier molecular flexibility index (Phi) is 2.22. The second-order valence-electron chi connectivity index (χ2n) is 3.69. The number of nitrogens with two attached hydrogens (primary N) is 1. The van der Waals surface area contributed by atoms with Gasteiger partial charge in [0.1, 0.15) is 0 Å². The van der Waals surface area contributed by atoms with E-state index in [1.54, 1.807) is 0 Å². The molecule has 1 saturated heterocycles. The first kappa shape index (κ1) is 8.56. The lowest BCUT2D eigenvalue weighted by Gasteiger charge is -2.31. The molecule has 72 valence electrons. The van der Waals surface area contributed by atoms with E-state index in [-0.39, 0.29) is 0 Å². The molecule has 1 atom stereocenters. The van der Waals surface area contributed by atoms with Crippen LogP contribution in [0.15, 0.2) is 12.4 Å². The van der Waals surface area contributed by atoms with Crippen LogP contribution >= 0.6 is 0 Å². The lowest BCUT2D eigenvalue weighted by atomic mass is 10.1. The number of imidazole rings is 1. The molecule has 13 heavy (non-hydrogen) atoms. The largest absolute Gasteiger partial charge is 0.341 e. The molecule has 2 rings (SSSR count). The monoisotopic (exact) mass is 180 g/mol. The van der Waals surface area contributed by atoms with Gasteiger partial charge in [0.15, 0.2) is 0 Å². The summed E-state index contributed by atoms with van der Waals surface area (Å²) in [5.41, 5.74) is 5.90. The fraction of sp³-hybridized carbons (Fsp3) is 0.667. The topological polar surface area (TPSA) is 47.1 Å². The molecular formula is C9H16N4. The van der Waals surface area contributed by atoms with E-state index >= 15 is 0 Å². The van der Waals surface area contributed by atoms with Crippen molar-refractivity contribution in [1.29, 1.82) is 0 Å². The lowest BCUT2D eigenvalue weighted by molar-refractivity contribution is 0.496. The first-order chi connectivity index (χ1) is 6.27. The zero-order valence-electron chi connectivity index (χ0n) is 7.98. The van der Waals surface area contributed by atoms with Crippen LogP contribution in [0.3, 0.4) is 0 Å². The van der Waals surface area contributed by atoms with E-state index < -0.39 is 0 Å². The van der Waals surface area contributed by atoms with Gasteiger partial charge in [-0.1, -0.05) is 0 Å². The van der Waals surface area contributed by atoms with Crippen molar-refractivity contribution in [2.24, 2.45) is 12.8 Å². The van der Waals surface area contributed by atoms with Crippen molar-refractivity contribution in [2.75, 3.05) is 18.0 Å². The highest BCUT2D eigenvalue weighted by Crippen LogP contribution is 2.15. The third-order valence-corrected chi connectivity index (χ3v) is 2.54. The molecule has 2 N–H and O–H groups in total. The standard InChI is InChI=1S/C9H16N4/c1-12-6-4-11-9(12)13-5-2-3-8(10)7-13/h4,6,8H,2-3,5,7,10H2,1H3/t8-/m1/s1. The first-order valence-corrected chi connectivity index (χ1v) is 4.75. The number of nitrogens with zero attached hydrogens (tertiary/aromatic N) is 3. The fourth-order valence-corrected chi connectivity index (χ4v) is 1.85. The Morgan fingerprint density at radius 3 is 3.08 bits per heavy atom. The second-order valence-corrected chi connectivity index (χ2v) is 3.69. The van der Waals surface area contributed by atoms with Crippen LogP contribution in [0.1, 0.15) is 12.8 Å². The lowest BCUT2D eigenvalue weighted by Crippen LogP contribution is -2.43. The van der Waals surface area contributed by atoms with Gasteiger partial charge in [-0.05, 0) is 12.8 Å². The summed E-state index contributed by atoms with van der Waals surface area (Å²) in [4.78, 5) is 6.57. The maximum absolute atomic E-state index is 5.90. The van der Waals surface area contributed by atoms with E-state index in [0.717, 1.165) is 25.5 Å². The van der Waals surface area contributed by atoms with Crippen molar-refractivity contribution in [3.8, 4) is 0 Å². The van der Waals surface area contributed by atoms with Gasteiger partial charge in [-0.15, -0.1) is 0 Å². The molecule has 1 aromatic heterocycles. The van der Waals surface area contributed by atoms with Crippen molar-refractivity contribution in [1.82, 2.24) is 9.55 Å². The van der Waals surface area contributed by atoms with Gasteiger partial charge in [0.25, 0.3) is 0 Å². The number of aromatic nitrogens is 2. The van der Waals surface area contributed by atoms with E-state index in [9.17, 15) is 0 Å². The van der Waals surface area contributed by atoms with Gasteiger partial charge in [-0.3, -0.25) is 0 Å². The fourth-order valence-electron chi connectivity index (χ4n) is 1.85. The third kappa shape index (κ3) is 1.67. The highest BCUT2D eigenvalue weighted by Gasteiger charge is 2.19. The summed E-state index contributed by atoms with van der Waals surface area (Å²) in [7, 11) is 2.02. The first-order valence-electron chi connectivity index (χ1n) is 4.75. The summed E-state index contributed by atoms with van der Waals surface area (Å²) in [6.07, 6.45) is 6.11. The maximum Gasteiger partial charge on any atom is 0.205 e. The molecule has 0 amide bonds. The molecule has 0 spiro atoms. The molecule has 1 aromatic rings.